The van der Waals surface area contributed by atoms with Crippen molar-refractivity contribution >= 4 is 15.9 Å². The van der Waals surface area contributed by atoms with E-state index < -0.39 is 0 Å². The number of benzene rings is 1. The molecule has 0 bridgehead atoms. The molecule has 0 amide bonds. The summed E-state index contributed by atoms with van der Waals surface area (Å²) < 4.78 is 21.9. The number of aromatic nitrogens is 2. The molecule has 2 rings (SSSR count). The molecule has 0 saturated heterocycles. The van der Waals surface area contributed by atoms with E-state index >= 15 is 0 Å². The minimum Gasteiger partial charge on any atom is -0.487 e. The Kier molecular flexibility index (Phi) is 5.00. The number of nitrogens with zero attached hydrogens (tertiary/aromatic N) is 2. The fourth-order valence-electron chi connectivity index (χ4n) is 2.13. The topological polar surface area (TPSA) is 53.1 Å². The molecular weight excluding hydrogens is 337 g/mol. The number of aryl methyl sites for hydroxylation is 2. The first-order valence-corrected chi connectivity index (χ1v) is 7.61. The predicted octanol–water partition coefficient (Wildman–Crippen LogP) is 3.48. The van der Waals surface area contributed by atoms with Crippen molar-refractivity contribution in [3.05, 3.63) is 45.4 Å². The van der Waals surface area contributed by atoms with E-state index in [0.29, 0.717) is 17.9 Å². The molecule has 2 N–H and O–H groups in total. The average molecular weight is 356 g/mol. The minimum absolute atomic E-state index is 0.295. The second kappa shape index (κ2) is 6.58. The Morgan fingerprint density at radius 2 is 2.19 bits per heavy atom. The van der Waals surface area contributed by atoms with Crippen LogP contribution in [0.15, 0.2) is 22.7 Å². The van der Waals surface area contributed by atoms with Crippen molar-refractivity contribution in [3.8, 4) is 5.75 Å². The van der Waals surface area contributed by atoms with Crippen molar-refractivity contribution in [2.24, 2.45) is 12.8 Å². The maximum atomic E-state index is 13.3. The smallest absolute Gasteiger partial charge is 0.131 e. The SMILES string of the molecule is CCc1nn(C)c(COc2ccc(F)cc2[C@@H](C)N)c1Br. The van der Waals surface area contributed by atoms with Crippen LogP contribution < -0.4 is 10.5 Å². The average Bonchev–Trinajstić information content (AvgIpc) is 2.72. The van der Waals surface area contributed by atoms with Crippen LogP contribution in [0.5, 0.6) is 5.75 Å². The molecular formula is C15H19BrFN3O. The molecule has 0 radical (unpaired) electrons. The second-order valence-corrected chi connectivity index (χ2v) is 5.74. The van der Waals surface area contributed by atoms with E-state index in [0.717, 1.165) is 22.3 Å². The first-order chi connectivity index (χ1) is 9.93. The monoisotopic (exact) mass is 355 g/mol. The van der Waals surface area contributed by atoms with Gasteiger partial charge in [0.25, 0.3) is 0 Å². The molecule has 2 aromatic rings. The summed E-state index contributed by atoms with van der Waals surface area (Å²) in [6, 6.07) is 4.10. The minimum atomic E-state index is -0.315. The van der Waals surface area contributed by atoms with Crippen molar-refractivity contribution in [1.29, 1.82) is 0 Å². The molecule has 0 unspecified atom stereocenters. The molecule has 0 aliphatic rings. The molecule has 1 aromatic heterocycles. The maximum absolute atomic E-state index is 13.3. The Morgan fingerprint density at radius 1 is 1.48 bits per heavy atom. The molecule has 0 aliphatic heterocycles. The lowest BCUT2D eigenvalue weighted by Gasteiger charge is -2.14. The Morgan fingerprint density at radius 3 is 2.76 bits per heavy atom. The lowest BCUT2D eigenvalue weighted by Crippen LogP contribution is -2.10. The molecule has 0 spiro atoms. The summed E-state index contributed by atoms with van der Waals surface area (Å²) in [5.41, 5.74) is 8.45. The van der Waals surface area contributed by atoms with E-state index in [2.05, 4.69) is 21.0 Å². The molecule has 0 saturated carbocycles. The zero-order valence-corrected chi connectivity index (χ0v) is 13.9. The van der Waals surface area contributed by atoms with Gasteiger partial charge >= 0.3 is 0 Å². The zero-order valence-electron chi connectivity index (χ0n) is 12.4. The van der Waals surface area contributed by atoms with Crippen LogP contribution in [0, 0.1) is 5.82 Å². The van der Waals surface area contributed by atoms with E-state index in [4.69, 9.17) is 10.5 Å². The van der Waals surface area contributed by atoms with Gasteiger partial charge in [0.2, 0.25) is 0 Å². The van der Waals surface area contributed by atoms with E-state index in [-0.39, 0.29) is 11.9 Å². The summed E-state index contributed by atoms with van der Waals surface area (Å²) in [5, 5.41) is 4.42. The van der Waals surface area contributed by atoms with Gasteiger partial charge in [0.1, 0.15) is 18.2 Å². The van der Waals surface area contributed by atoms with Crippen molar-refractivity contribution in [2.45, 2.75) is 32.9 Å². The highest BCUT2D eigenvalue weighted by atomic mass is 79.9. The van der Waals surface area contributed by atoms with Crippen LogP contribution in [0.25, 0.3) is 0 Å². The molecule has 21 heavy (non-hydrogen) atoms. The Bertz CT molecular complexity index is 640. The summed E-state index contributed by atoms with van der Waals surface area (Å²) in [4.78, 5) is 0. The van der Waals surface area contributed by atoms with Crippen LogP contribution in [0.1, 0.15) is 36.8 Å². The van der Waals surface area contributed by atoms with Crippen molar-refractivity contribution in [3.63, 3.8) is 0 Å². The standard InChI is InChI=1S/C15H19BrFN3O/c1-4-12-15(16)13(20(3)19-12)8-21-14-6-5-10(17)7-11(14)9(2)18/h5-7,9H,4,8,18H2,1-3H3/t9-/m1/s1. The number of hydrogen-bond donors (Lipinski definition) is 1. The van der Waals surface area contributed by atoms with Crippen LogP contribution in [-0.2, 0) is 20.1 Å². The fraction of sp³-hybridized carbons (Fsp3) is 0.400. The van der Waals surface area contributed by atoms with Gasteiger partial charge in [0.05, 0.1) is 15.9 Å². The highest BCUT2D eigenvalue weighted by molar-refractivity contribution is 9.10. The van der Waals surface area contributed by atoms with Gasteiger partial charge in [-0.15, -0.1) is 0 Å². The lowest BCUT2D eigenvalue weighted by atomic mass is 10.1. The normalized spacial score (nSPS) is 12.5. The van der Waals surface area contributed by atoms with Crippen LogP contribution in [0.3, 0.4) is 0 Å². The van der Waals surface area contributed by atoms with E-state index in [9.17, 15) is 4.39 Å². The largest absolute Gasteiger partial charge is 0.487 e. The van der Waals surface area contributed by atoms with E-state index in [1.807, 2.05) is 14.0 Å². The third-order valence-electron chi connectivity index (χ3n) is 3.33. The van der Waals surface area contributed by atoms with Gasteiger partial charge in [-0.25, -0.2) is 4.39 Å². The van der Waals surface area contributed by atoms with Crippen LogP contribution in [-0.4, -0.2) is 9.78 Å². The van der Waals surface area contributed by atoms with E-state index in [1.165, 1.54) is 12.1 Å². The number of rotatable bonds is 5. The molecule has 0 aliphatic carbocycles. The third kappa shape index (κ3) is 3.44. The molecule has 1 atom stereocenters. The highest BCUT2D eigenvalue weighted by Crippen LogP contribution is 2.27. The Hall–Kier alpha value is -1.40. The lowest BCUT2D eigenvalue weighted by molar-refractivity contribution is 0.289. The highest BCUT2D eigenvalue weighted by Gasteiger charge is 2.15. The summed E-state index contributed by atoms with van der Waals surface area (Å²) >= 11 is 3.55. The quantitative estimate of drug-likeness (QED) is 0.892. The molecule has 6 heteroatoms. The van der Waals surface area contributed by atoms with E-state index in [1.54, 1.807) is 17.7 Å². The maximum Gasteiger partial charge on any atom is 0.131 e. The van der Waals surface area contributed by atoms with Crippen LogP contribution >= 0.6 is 15.9 Å². The van der Waals surface area contributed by atoms with Gasteiger partial charge in [-0.05, 0) is 47.5 Å². The molecule has 114 valence electrons. The molecule has 0 fully saturated rings. The van der Waals surface area contributed by atoms with Crippen molar-refractivity contribution < 1.29 is 9.13 Å². The molecule has 1 aromatic carbocycles. The summed E-state index contributed by atoms with van der Waals surface area (Å²) in [5.74, 6) is 0.280. The number of ether oxygens (including phenoxy) is 1. The van der Waals surface area contributed by atoms with Crippen LogP contribution in [0.2, 0.25) is 0 Å². The number of nitrogens with two attached hydrogens (primary N) is 1. The van der Waals surface area contributed by atoms with Gasteiger partial charge in [-0.2, -0.15) is 5.10 Å². The molecule has 4 nitrogen and oxygen atoms in total. The van der Waals surface area contributed by atoms with Crippen molar-refractivity contribution in [1.82, 2.24) is 9.78 Å². The zero-order chi connectivity index (χ0) is 15.6. The van der Waals surface area contributed by atoms with Gasteiger partial charge in [0.15, 0.2) is 0 Å². The number of hydrogen-bond acceptors (Lipinski definition) is 3. The summed E-state index contributed by atoms with van der Waals surface area (Å²) in [6.45, 7) is 4.19. The first kappa shape index (κ1) is 16.0. The Labute approximate surface area is 132 Å². The fourth-order valence-corrected chi connectivity index (χ4v) is 2.86. The van der Waals surface area contributed by atoms with Gasteiger partial charge in [-0.1, -0.05) is 6.92 Å². The second-order valence-electron chi connectivity index (χ2n) is 4.94. The summed E-state index contributed by atoms with van der Waals surface area (Å²) in [7, 11) is 1.87. The van der Waals surface area contributed by atoms with Crippen molar-refractivity contribution in [2.75, 3.05) is 0 Å². The summed E-state index contributed by atoms with van der Waals surface area (Å²) in [6.07, 6.45) is 0.843. The molecule has 1 heterocycles. The van der Waals surface area contributed by atoms with Gasteiger partial charge in [0, 0.05) is 18.7 Å². The number of halogens is 2. The first-order valence-electron chi connectivity index (χ1n) is 6.82. The van der Waals surface area contributed by atoms with Gasteiger partial charge in [-0.3, -0.25) is 4.68 Å². The van der Waals surface area contributed by atoms with Crippen LogP contribution in [0.4, 0.5) is 4.39 Å². The Balaban J connectivity index is 2.23. The third-order valence-corrected chi connectivity index (χ3v) is 4.25. The predicted molar refractivity (Wildman–Crippen MR) is 83.6 cm³/mol. The van der Waals surface area contributed by atoms with Gasteiger partial charge < -0.3 is 10.5 Å².